The molecule has 0 bridgehead atoms. The topological polar surface area (TPSA) is 103 Å². The number of aliphatic carboxylic acids is 1. The summed E-state index contributed by atoms with van der Waals surface area (Å²) in [6.45, 7) is 0. The molecule has 1 saturated carbocycles. The highest BCUT2D eigenvalue weighted by molar-refractivity contribution is 5.70. The van der Waals surface area contributed by atoms with Crippen LogP contribution in [0.15, 0.2) is 18.5 Å². The summed E-state index contributed by atoms with van der Waals surface area (Å²) >= 11 is 0. The Balaban J connectivity index is 2.00. The van der Waals surface area contributed by atoms with E-state index < -0.39 is 10.9 Å². The summed E-state index contributed by atoms with van der Waals surface area (Å²) in [4.78, 5) is 24.8. The summed E-state index contributed by atoms with van der Waals surface area (Å²) in [5.74, 6) is -0.917. The van der Waals surface area contributed by atoms with Gasteiger partial charge < -0.3 is 9.84 Å². The number of carboxylic acids is 1. The standard InChI is InChI=1S/C12H14N2O5/c15-12(16)8-1-3-9(4-2-8)19-11-5-6-13-7-10(11)14(17)18/h5-9H,1-4H2,(H,15,16). The molecule has 1 aliphatic carbocycles. The van der Waals surface area contributed by atoms with Crippen molar-refractivity contribution in [3.05, 3.63) is 28.6 Å². The van der Waals surface area contributed by atoms with Gasteiger partial charge in [0.05, 0.1) is 16.9 Å². The Morgan fingerprint density at radius 1 is 1.42 bits per heavy atom. The van der Waals surface area contributed by atoms with Gasteiger partial charge in [-0.05, 0) is 25.7 Å². The molecule has 7 nitrogen and oxygen atoms in total. The minimum atomic E-state index is -0.784. The van der Waals surface area contributed by atoms with Crippen LogP contribution in [0.3, 0.4) is 0 Å². The van der Waals surface area contributed by atoms with Crippen LogP contribution in [0, 0.1) is 16.0 Å². The van der Waals surface area contributed by atoms with Crippen LogP contribution in [-0.2, 0) is 4.79 Å². The molecule has 0 aliphatic heterocycles. The van der Waals surface area contributed by atoms with Crippen LogP contribution in [0.25, 0.3) is 0 Å². The molecule has 1 heterocycles. The SMILES string of the molecule is O=C(O)C1CCC(Oc2ccncc2[N+](=O)[O-])CC1. The molecule has 0 spiro atoms. The van der Waals surface area contributed by atoms with E-state index in [1.807, 2.05) is 0 Å². The number of aromatic nitrogens is 1. The summed E-state index contributed by atoms with van der Waals surface area (Å²) in [5, 5.41) is 19.7. The number of hydrogen-bond donors (Lipinski definition) is 1. The number of pyridine rings is 1. The van der Waals surface area contributed by atoms with E-state index in [1.54, 1.807) is 0 Å². The third-order valence-corrected chi connectivity index (χ3v) is 3.28. The number of ether oxygens (including phenoxy) is 1. The van der Waals surface area contributed by atoms with E-state index in [1.165, 1.54) is 12.3 Å². The maximum absolute atomic E-state index is 10.8. The molecule has 1 aliphatic rings. The zero-order valence-electron chi connectivity index (χ0n) is 10.2. The van der Waals surface area contributed by atoms with Gasteiger partial charge in [-0.1, -0.05) is 0 Å². The van der Waals surface area contributed by atoms with Crippen LogP contribution >= 0.6 is 0 Å². The maximum atomic E-state index is 10.8. The van der Waals surface area contributed by atoms with Crippen molar-refractivity contribution in [2.24, 2.45) is 5.92 Å². The summed E-state index contributed by atoms with van der Waals surface area (Å²) in [5.41, 5.74) is -0.164. The lowest BCUT2D eigenvalue weighted by Crippen LogP contribution is -2.28. The van der Waals surface area contributed by atoms with Crippen LogP contribution in [0.1, 0.15) is 25.7 Å². The fourth-order valence-corrected chi connectivity index (χ4v) is 2.22. The van der Waals surface area contributed by atoms with Crippen LogP contribution in [0.5, 0.6) is 5.75 Å². The fourth-order valence-electron chi connectivity index (χ4n) is 2.22. The van der Waals surface area contributed by atoms with Gasteiger partial charge in [-0.15, -0.1) is 0 Å². The average molecular weight is 266 g/mol. The van der Waals surface area contributed by atoms with E-state index in [4.69, 9.17) is 9.84 Å². The monoisotopic (exact) mass is 266 g/mol. The lowest BCUT2D eigenvalue weighted by Gasteiger charge is -2.26. The van der Waals surface area contributed by atoms with Gasteiger partial charge in [-0.2, -0.15) is 0 Å². The van der Waals surface area contributed by atoms with Gasteiger partial charge in [-0.25, -0.2) is 0 Å². The van der Waals surface area contributed by atoms with Crippen molar-refractivity contribution in [2.45, 2.75) is 31.8 Å². The Hall–Kier alpha value is -2.18. The third kappa shape index (κ3) is 3.18. The normalized spacial score (nSPS) is 22.7. The van der Waals surface area contributed by atoms with E-state index in [-0.39, 0.29) is 23.5 Å². The molecular formula is C12H14N2O5. The van der Waals surface area contributed by atoms with E-state index in [9.17, 15) is 14.9 Å². The molecule has 102 valence electrons. The zero-order valence-corrected chi connectivity index (χ0v) is 10.2. The third-order valence-electron chi connectivity index (χ3n) is 3.28. The molecule has 7 heteroatoms. The summed E-state index contributed by atoms with van der Waals surface area (Å²) in [7, 11) is 0. The van der Waals surface area contributed by atoms with Crippen molar-refractivity contribution < 1.29 is 19.6 Å². The molecule has 0 unspecified atom stereocenters. The highest BCUT2D eigenvalue weighted by Crippen LogP contribution is 2.31. The summed E-state index contributed by atoms with van der Waals surface area (Å²) in [6.07, 6.45) is 4.69. The quantitative estimate of drug-likeness (QED) is 0.660. The Bertz CT molecular complexity index is 483. The van der Waals surface area contributed by atoms with Crippen LogP contribution < -0.4 is 4.74 Å². The molecule has 0 atom stereocenters. The van der Waals surface area contributed by atoms with Crippen molar-refractivity contribution in [1.82, 2.24) is 4.98 Å². The van der Waals surface area contributed by atoms with Gasteiger partial charge in [0.2, 0.25) is 5.75 Å². The molecule has 0 radical (unpaired) electrons. The molecule has 0 saturated heterocycles. The molecular weight excluding hydrogens is 252 g/mol. The highest BCUT2D eigenvalue weighted by atomic mass is 16.6. The Morgan fingerprint density at radius 2 is 2.11 bits per heavy atom. The minimum absolute atomic E-state index is 0.164. The molecule has 0 amide bonds. The van der Waals surface area contributed by atoms with Crippen LogP contribution in [0.4, 0.5) is 5.69 Å². The zero-order chi connectivity index (χ0) is 13.8. The largest absolute Gasteiger partial charge is 0.483 e. The summed E-state index contributed by atoms with van der Waals surface area (Å²) in [6, 6.07) is 1.46. The Morgan fingerprint density at radius 3 is 2.68 bits per heavy atom. The Labute approximate surface area is 109 Å². The van der Waals surface area contributed by atoms with Crippen molar-refractivity contribution in [1.29, 1.82) is 0 Å². The second-order valence-electron chi connectivity index (χ2n) is 4.53. The van der Waals surface area contributed by atoms with Gasteiger partial charge in [0.15, 0.2) is 0 Å². The van der Waals surface area contributed by atoms with Gasteiger partial charge in [0.25, 0.3) is 0 Å². The lowest BCUT2D eigenvalue weighted by molar-refractivity contribution is -0.386. The maximum Gasteiger partial charge on any atom is 0.329 e. The van der Waals surface area contributed by atoms with Crippen molar-refractivity contribution in [2.75, 3.05) is 0 Å². The molecule has 19 heavy (non-hydrogen) atoms. The van der Waals surface area contributed by atoms with E-state index in [0.29, 0.717) is 25.7 Å². The number of rotatable bonds is 4. The second-order valence-corrected chi connectivity index (χ2v) is 4.53. The number of nitro groups is 1. The fraction of sp³-hybridized carbons (Fsp3) is 0.500. The smallest absolute Gasteiger partial charge is 0.329 e. The molecule has 1 aromatic heterocycles. The average Bonchev–Trinajstić information content (AvgIpc) is 2.39. The predicted molar refractivity (Wildman–Crippen MR) is 64.9 cm³/mol. The first-order valence-corrected chi connectivity index (χ1v) is 6.06. The molecule has 0 aromatic carbocycles. The number of carboxylic acid groups (broad SMARTS) is 1. The minimum Gasteiger partial charge on any atom is -0.483 e. The van der Waals surface area contributed by atoms with Crippen LogP contribution in [0.2, 0.25) is 0 Å². The van der Waals surface area contributed by atoms with Crippen molar-refractivity contribution >= 4 is 11.7 Å². The van der Waals surface area contributed by atoms with Crippen LogP contribution in [-0.4, -0.2) is 27.1 Å². The van der Waals surface area contributed by atoms with Crippen molar-refractivity contribution in [3.63, 3.8) is 0 Å². The van der Waals surface area contributed by atoms with Gasteiger partial charge in [0.1, 0.15) is 6.20 Å². The molecule has 1 fully saturated rings. The highest BCUT2D eigenvalue weighted by Gasteiger charge is 2.28. The molecule has 2 rings (SSSR count). The molecule has 1 N–H and O–H groups in total. The van der Waals surface area contributed by atoms with E-state index in [0.717, 1.165) is 6.20 Å². The second kappa shape index (κ2) is 5.64. The number of nitrogens with zero attached hydrogens (tertiary/aromatic N) is 2. The van der Waals surface area contributed by atoms with Gasteiger partial charge >= 0.3 is 11.7 Å². The van der Waals surface area contributed by atoms with Gasteiger partial charge in [-0.3, -0.25) is 19.9 Å². The molecule has 1 aromatic rings. The lowest BCUT2D eigenvalue weighted by atomic mass is 9.87. The predicted octanol–water partition coefficient (Wildman–Crippen LogP) is 2.01. The number of carbonyl (C=O) groups is 1. The first kappa shape index (κ1) is 13.3. The number of hydrogen-bond acceptors (Lipinski definition) is 5. The Kier molecular flexibility index (Phi) is 3.94. The first-order chi connectivity index (χ1) is 9.08. The van der Waals surface area contributed by atoms with Crippen molar-refractivity contribution in [3.8, 4) is 5.75 Å². The van der Waals surface area contributed by atoms with Gasteiger partial charge in [0, 0.05) is 12.3 Å². The van der Waals surface area contributed by atoms with E-state index in [2.05, 4.69) is 4.98 Å². The van der Waals surface area contributed by atoms with E-state index >= 15 is 0 Å². The first-order valence-electron chi connectivity index (χ1n) is 6.06. The summed E-state index contributed by atoms with van der Waals surface area (Å²) < 4.78 is 5.60.